The fourth-order valence-electron chi connectivity index (χ4n) is 0.0722. The largest absolute Gasteiger partial charge is 0.668 e. The minimum atomic E-state index is -0.495. The smallest absolute Gasteiger partial charge is 0.0484 e. The summed E-state index contributed by atoms with van der Waals surface area (Å²) >= 11 is 0. The molecule has 0 saturated heterocycles. The van der Waals surface area contributed by atoms with Crippen LogP contribution in [0.25, 0.3) is 5.73 Å². The number of nitrogens with one attached hydrogen (secondary N) is 2. The topological polar surface area (TPSA) is 70.0 Å². The summed E-state index contributed by atoms with van der Waals surface area (Å²) in [5.41, 5.74) is 6.19. The minimum absolute atomic E-state index is 0. The molecule has 13 heavy (non-hydrogen) atoms. The number of hydrogen-bond acceptors (Lipinski definition) is 2. The van der Waals surface area contributed by atoms with E-state index >= 15 is 0 Å². The zero-order chi connectivity index (χ0) is 8.41. The Kier molecular flexibility index (Phi) is 66.3. The van der Waals surface area contributed by atoms with Crippen LogP contribution in [0.3, 0.4) is 0 Å². The van der Waals surface area contributed by atoms with E-state index in [0.717, 1.165) is 0 Å². The summed E-state index contributed by atoms with van der Waals surface area (Å²) in [4.78, 5) is 18.6. The Labute approximate surface area is 155 Å². The van der Waals surface area contributed by atoms with Crippen molar-refractivity contribution in [2.45, 2.75) is 20.3 Å². The standard InChI is InChI=1S/C3H6NO.C3H7NO.3Y/c1-2-4-3-5;1-2-3(4)5;;;/h2H2,1H3,(H,4,5);2H2,1H3,(H2,4,5);;;/q-1;;;;/p-1. The van der Waals surface area contributed by atoms with Gasteiger partial charge in [-0.15, -0.1) is 0 Å². The van der Waals surface area contributed by atoms with Gasteiger partial charge in [0, 0.05) is 104 Å². The molecule has 0 unspecified atom stereocenters. The van der Waals surface area contributed by atoms with Gasteiger partial charge in [-0.05, 0) is 13.0 Å². The molecule has 0 saturated carbocycles. The van der Waals surface area contributed by atoms with Gasteiger partial charge in [-0.1, -0.05) is 13.8 Å². The number of carbonyl (C=O) groups is 1. The Hall–Kier alpha value is 2.25. The molecule has 69 valence electrons. The first-order valence-electron chi connectivity index (χ1n) is 3.03. The van der Waals surface area contributed by atoms with Crippen LogP contribution in [-0.4, -0.2) is 18.9 Å². The summed E-state index contributed by atoms with van der Waals surface area (Å²) in [7, 11) is 0. The van der Waals surface area contributed by atoms with E-state index in [9.17, 15) is 4.79 Å². The van der Waals surface area contributed by atoms with Crippen LogP contribution in [0.15, 0.2) is 0 Å². The van der Waals surface area contributed by atoms with Crippen molar-refractivity contribution in [1.82, 2.24) is 5.32 Å². The average molecular weight is 411 g/mol. The van der Waals surface area contributed by atoms with Crippen molar-refractivity contribution in [3.05, 3.63) is 5.73 Å². The van der Waals surface area contributed by atoms with Gasteiger partial charge in [-0.3, -0.25) is 0 Å². The molecule has 0 aromatic rings. The maximum atomic E-state index is 9.48. The van der Waals surface area contributed by atoms with Crippen LogP contribution in [0.5, 0.6) is 0 Å². The van der Waals surface area contributed by atoms with Crippen molar-refractivity contribution in [2.24, 2.45) is 0 Å². The molecule has 0 rings (SSSR count). The first-order chi connectivity index (χ1) is 4.68. The zero-order valence-electron chi connectivity index (χ0n) is 7.96. The molecule has 0 fully saturated rings. The van der Waals surface area contributed by atoms with Crippen LogP contribution in [0.2, 0.25) is 0 Å². The summed E-state index contributed by atoms with van der Waals surface area (Å²) < 4.78 is 0. The summed E-state index contributed by atoms with van der Waals surface area (Å²) in [6, 6.07) is 0. The fraction of sp³-hybridized carbons (Fsp3) is 0.667. The van der Waals surface area contributed by atoms with Crippen LogP contribution in [0.4, 0.5) is 0 Å². The molecule has 0 spiro atoms. The van der Waals surface area contributed by atoms with Gasteiger partial charge < -0.3 is 20.6 Å². The van der Waals surface area contributed by atoms with Gasteiger partial charge in [0.05, 0.1) is 0 Å². The molecule has 0 aliphatic rings. The molecule has 0 aromatic heterocycles. The van der Waals surface area contributed by atoms with E-state index in [1.54, 1.807) is 6.92 Å². The van der Waals surface area contributed by atoms with Crippen LogP contribution < -0.4 is 5.32 Å². The number of carbonyl (C=O) groups excluding carboxylic acids is 2. The first kappa shape index (κ1) is 29.5. The molecule has 4 nitrogen and oxygen atoms in total. The molecule has 3 radical (unpaired) electrons. The molecular weight excluding hydrogens is 399 g/mol. The van der Waals surface area contributed by atoms with Gasteiger partial charge in [0.25, 0.3) is 0 Å². The number of hydrogen-bond donors (Lipinski definition) is 1. The number of amides is 2. The van der Waals surface area contributed by atoms with Crippen LogP contribution >= 0.6 is 0 Å². The third kappa shape index (κ3) is 54.7. The minimum Gasteiger partial charge on any atom is -0.668 e. The van der Waals surface area contributed by atoms with Crippen molar-refractivity contribution < 1.29 is 108 Å². The van der Waals surface area contributed by atoms with Crippen molar-refractivity contribution in [3.63, 3.8) is 0 Å². The second-order valence-corrected chi connectivity index (χ2v) is 1.41. The van der Waals surface area contributed by atoms with E-state index in [0.29, 0.717) is 13.0 Å². The molecule has 0 aromatic carbocycles. The van der Waals surface area contributed by atoms with Crippen molar-refractivity contribution in [1.29, 1.82) is 0 Å². The molecule has 0 heterocycles. The van der Waals surface area contributed by atoms with Gasteiger partial charge >= 0.3 is 0 Å². The third-order valence-corrected chi connectivity index (χ3v) is 0.570. The van der Waals surface area contributed by atoms with E-state index in [2.05, 4.69) is 5.32 Å². The second kappa shape index (κ2) is 29.2. The van der Waals surface area contributed by atoms with E-state index in [1.165, 1.54) is 6.41 Å². The predicted molar refractivity (Wildman–Crippen MR) is 39.0 cm³/mol. The first-order valence-corrected chi connectivity index (χ1v) is 3.03. The summed E-state index contributed by atoms with van der Waals surface area (Å²) in [5, 5.41) is 2.31. The maximum absolute atomic E-state index is 9.48. The molecular formula is C6H12N2O2Y3-2. The Morgan fingerprint density at radius 2 is 1.62 bits per heavy atom. The van der Waals surface area contributed by atoms with E-state index in [4.69, 9.17) is 10.5 Å². The van der Waals surface area contributed by atoms with Crippen molar-refractivity contribution >= 4 is 12.3 Å². The van der Waals surface area contributed by atoms with E-state index in [-0.39, 0.29) is 98.1 Å². The molecule has 7 heteroatoms. The molecule has 2 amide bonds. The van der Waals surface area contributed by atoms with Crippen LogP contribution in [0, 0.1) is 0 Å². The zero-order valence-corrected chi connectivity index (χ0v) is 16.5. The second-order valence-electron chi connectivity index (χ2n) is 1.41. The molecule has 0 atom stereocenters. The van der Waals surface area contributed by atoms with Crippen molar-refractivity contribution in [3.8, 4) is 0 Å². The maximum Gasteiger partial charge on any atom is 0.0484 e. The quantitative estimate of drug-likeness (QED) is 0.547. The molecule has 0 bridgehead atoms. The third-order valence-electron chi connectivity index (χ3n) is 0.570. The van der Waals surface area contributed by atoms with Crippen molar-refractivity contribution in [2.75, 3.05) is 6.54 Å². The molecule has 0 aliphatic carbocycles. The fourth-order valence-corrected chi connectivity index (χ4v) is 0.0722. The summed E-state index contributed by atoms with van der Waals surface area (Å²) in [6.45, 7) is 4.17. The predicted octanol–water partition coefficient (Wildman–Crippen LogP) is 0.631. The van der Waals surface area contributed by atoms with Gasteiger partial charge in [0.2, 0.25) is 0 Å². The summed E-state index contributed by atoms with van der Waals surface area (Å²) in [6.07, 6.45) is 1.85. The van der Waals surface area contributed by atoms with Gasteiger partial charge in [-0.25, -0.2) is 0 Å². The normalized spacial score (nSPS) is 5.38. The monoisotopic (exact) mass is 411 g/mol. The Balaban J connectivity index is -0.0000000267. The Bertz CT molecular complexity index is 104. The number of rotatable bonds is 3. The van der Waals surface area contributed by atoms with Crippen LogP contribution in [-0.2, 0) is 108 Å². The van der Waals surface area contributed by atoms with Crippen LogP contribution in [0.1, 0.15) is 20.3 Å². The van der Waals surface area contributed by atoms with Gasteiger partial charge in [-0.2, -0.15) is 6.41 Å². The Morgan fingerprint density at radius 1 is 1.31 bits per heavy atom. The van der Waals surface area contributed by atoms with Gasteiger partial charge in [0.1, 0.15) is 0 Å². The average Bonchev–Trinajstić information content (AvgIpc) is 1.91. The van der Waals surface area contributed by atoms with E-state index in [1.807, 2.05) is 6.92 Å². The Morgan fingerprint density at radius 3 is 1.62 bits per heavy atom. The molecule has 0 aliphatic heterocycles. The SMILES string of the molecule is CCC([NH-])=O.CCN[C-]=O.[Y].[Y].[Y]. The van der Waals surface area contributed by atoms with Gasteiger partial charge in [0.15, 0.2) is 0 Å². The summed E-state index contributed by atoms with van der Waals surface area (Å²) in [5.74, 6) is -0.495. The van der Waals surface area contributed by atoms with E-state index < -0.39 is 5.91 Å². The molecule has 2 N–H and O–H groups in total.